The summed E-state index contributed by atoms with van der Waals surface area (Å²) in [5, 5.41) is 12.2. The van der Waals surface area contributed by atoms with Gasteiger partial charge in [-0.3, -0.25) is 0 Å². The molecular weight excluding hydrogens is 174 g/mol. The van der Waals surface area contributed by atoms with Crippen molar-refractivity contribution in [3.63, 3.8) is 0 Å². The van der Waals surface area contributed by atoms with Crippen LogP contribution in [0.5, 0.6) is 0 Å². The van der Waals surface area contributed by atoms with Crippen molar-refractivity contribution in [2.45, 2.75) is 38.5 Å². The van der Waals surface area contributed by atoms with E-state index in [0.29, 0.717) is 16.5 Å². The summed E-state index contributed by atoms with van der Waals surface area (Å²) in [6.45, 7) is 0. The highest BCUT2D eigenvalue weighted by molar-refractivity contribution is 6.65. The molecule has 12 heavy (non-hydrogen) atoms. The maximum Gasteiger partial charge on any atom is 0.148 e. The van der Waals surface area contributed by atoms with Crippen LogP contribution in [0.4, 0.5) is 0 Å². The third kappa shape index (κ3) is 1.22. The highest BCUT2D eigenvalue weighted by atomic mass is 35.5. The number of hydrogen-bond donors (Lipinski definition) is 1. The zero-order chi connectivity index (χ0) is 8.60. The van der Waals surface area contributed by atoms with Crippen molar-refractivity contribution in [2.24, 2.45) is 16.5 Å². The Balaban J connectivity index is 2.11. The number of halogens is 1. The molecule has 0 saturated heterocycles. The Morgan fingerprint density at radius 2 is 2.08 bits per heavy atom. The van der Waals surface area contributed by atoms with E-state index in [-0.39, 0.29) is 0 Å². The van der Waals surface area contributed by atoms with Crippen LogP contribution in [0.3, 0.4) is 0 Å². The molecule has 0 heterocycles. The Labute approximate surface area is 77.6 Å². The molecule has 0 amide bonds. The van der Waals surface area contributed by atoms with E-state index in [2.05, 4.69) is 5.16 Å². The van der Waals surface area contributed by atoms with Gasteiger partial charge in [-0.25, -0.2) is 0 Å². The first-order chi connectivity index (χ1) is 5.78. The van der Waals surface area contributed by atoms with Gasteiger partial charge in [-0.2, -0.15) is 0 Å². The first-order valence-corrected chi connectivity index (χ1v) is 5.04. The lowest BCUT2D eigenvalue weighted by Crippen LogP contribution is -2.25. The molecule has 68 valence electrons. The van der Waals surface area contributed by atoms with E-state index in [1.807, 2.05) is 0 Å². The third-order valence-electron chi connectivity index (χ3n) is 3.43. The van der Waals surface area contributed by atoms with E-state index in [4.69, 9.17) is 16.8 Å². The quantitative estimate of drug-likeness (QED) is 0.382. The summed E-state index contributed by atoms with van der Waals surface area (Å²) in [7, 11) is 0. The van der Waals surface area contributed by atoms with E-state index < -0.39 is 0 Å². The van der Waals surface area contributed by atoms with Gasteiger partial charge in [0.05, 0.1) is 0 Å². The van der Waals surface area contributed by atoms with Crippen LogP contribution in [0.15, 0.2) is 5.16 Å². The third-order valence-corrected chi connectivity index (χ3v) is 3.77. The second kappa shape index (κ2) is 2.91. The van der Waals surface area contributed by atoms with Gasteiger partial charge < -0.3 is 5.21 Å². The van der Waals surface area contributed by atoms with E-state index in [1.54, 1.807) is 0 Å². The van der Waals surface area contributed by atoms with Crippen LogP contribution in [0.1, 0.15) is 38.5 Å². The van der Waals surface area contributed by atoms with E-state index in [1.165, 1.54) is 32.1 Å². The van der Waals surface area contributed by atoms with E-state index >= 15 is 0 Å². The van der Waals surface area contributed by atoms with Crippen LogP contribution in [-0.2, 0) is 0 Å². The highest BCUT2D eigenvalue weighted by Crippen LogP contribution is 2.60. The number of oxime groups is 1. The second-order valence-electron chi connectivity index (χ2n) is 4.08. The number of hydrogen-bond acceptors (Lipinski definition) is 2. The highest BCUT2D eigenvalue weighted by Gasteiger charge is 2.51. The average Bonchev–Trinajstić information content (AvgIpc) is 2.85. The summed E-state index contributed by atoms with van der Waals surface area (Å²) >= 11 is 5.87. The van der Waals surface area contributed by atoms with Gasteiger partial charge >= 0.3 is 0 Å². The minimum atomic E-state index is 0.359. The standard InChI is InChI=1S/C9H14ClNO/c10-8(11-12)7-3-1-2-4-9(7)5-6-9/h7,12H,1-6H2. The molecule has 2 fully saturated rings. The van der Waals surface area contributed by atoms with E-state index in [9.17, 15) is 0 Å². The Kier molecular flexibility index (Phi) is 2.03. The summed E-state index contributed by atoms with van der Waals surface area (Å²) in [5.41, 5.74) is 0.446. The van der Waals surface area contributed by atoms with Gasteiger partial charge in [0.2, 0.25) is 0 Å². The molecule has 2 nitrogen and oxygen atoms in total. The van der Waals surface area contributed by atoms with Gasteiger partial charge in [0, 0.05) is 5.92 Å². The van der Waals surface area contributed by atoms with Crippen LogP contribution < -0.4 is 0 Å². The summed E-state index contributed by atoms with van der Waals surface area (Å²) in [4.78, 5) is 0. The predicted octanol–water partition coefficient (Wildman–Crippen LogP) is 2.98. The molecule has 0 aromatic carbocycles. The van der Waals surface area contributed by atoms with Gasteiger partial charge in [-0.15, -0.1) is 0 Å². The Bertz CT molecular complexity index is 211. The number of nitrogens with zero attached hydrogens (tertiary/aromatic N) is 1. The molecule has 2 saturated carbocycles. The van der Waals surface area contributed by atoms with Gasteiger partial charge in [0.1, 0.15) is 5.17 Å². The molecule has 0 bridgehead atoms. The minimum absolute atomic E-state index is 0.359. The van der Waals surface area contributed by atoms with Crippen LogP contribution in [0, 0.1) is 11.3 Å². The predicted molar refractivity (Wildman–Crippen MR) is 48.7 cm³/mol. The summed E-state index contributed by atoms with van der Waals surface area (Å²) in [6.07, 6.45) is 7.52. The molecule has 0 aromatic rings. The van der Waals surface area contributed by atoms with Gasteiger partial charge in [-0.05, 0) is 31.1 Å². The summed E-state index contributed by atoms with van der Waals surface area (Å²) < 4.78 is 0. The number of rotatable bonds is 1. The fraction of sp³-hybridized carbons (Fsp3) is 0.889. The molecule has 1 unspecified atom stereocenters. The maximum atomic E-state index is 8.60. The zero-order valence-electron chi connectivity index (χ0n) is 7.09. The zero-order valence-corrected chi connectivity index (χ0v) is 7.85. The normalized spacial score (nSPS) is 33.8. The van der Waals surface area contributed by atoms with Gasteiger partial charge in [0.25, 0.3) is 0 Å². The minimum Gasteiger partial charge on any atom is -0.410 e. The van der Waals surface area contributed by atoms with Crippen LogP contribution in [-0.4, -0.2) is 10.4 Å². The van der Waals surface area contributed by atoms with Crippen molar-refractivity contribution >= 4 is 16.8 Å². The monoisotopic (exact) mass is 187 g/mol. The molecule has 1 atom stereocenters. The molecule has 1 N–H and O–H groups in total. The largest absolute Gasteiger partial charge is 0.410 e. The first kappa shape index (κ1) is 8.36. The van der Waals surface area contributed by atoms with Crippen molar-refractivity contribution in [1.29, 1.82) is 0 Å². The smallest absolute Gasteiger partial charge is 0.148 e. The van der Waals surface area contributed by atoms with Crippen molar-refractivity contribution < 1.29 is 5.21 Å². The Hall–Kier alpha value is -0.240. The Morgan fingerprint density at radius 1 is 1.33 bits per heavy atom. The molecule has 2 aliphatic carbocycles. The topological polar surface area (TPSA) is 32.6 Å². The van der Waals surface area contributed by atoms with Gasteiger partial charge in [-0.1, -0.05) is 29.6 Å². The molecular formula is C9H14ClNO. The van der Waals surface area contributed by atoms with Crippen LogP contribution >= 0.6 is 11.6 Å². The van der Waals surface area contributed by atoms with Gasteiger partial charge in [0.15, 0.2) is 0 Å². The molecule has 2 rings (SSSR count). The van der Waals surface area contributed by atoms with Crippen molar-refractivity contribution in [3.8, 4) is 0 Å². The lowest BCUT2D eigenvalue weighted by Gasteiger charge is -2.29. The second-order valence-corrected chi connectivity index (χ2v) is 4.47. The van der Waals surface area contributed by atoms with Crippen LogP contribution in [0.25, 0.3) is 0 Å². The molecule has 0 radical (unpaired) electrons. The maximum absolute atomic E-state index is 8.60. The lowest BCUT2D eigenvalue weighted by molar-refractivity contribution is 0.264. The molecule has 3 heteroatoms. The molecule has 0 aromatic heterocycles. The van der Waals surface area contributed by atoms with Crippen molar-refractivity contribution in [3.05, 3.63) is 0 Å². The molecule has 2 aliphatic rings. The Morgan fingerprint density at radius 3 is 2.67 bits per heavy atom. The fourth-order valence-corrected chi connectivity index (χ4v) is 2.85. The van der Waals surface area contributed by atoms with Crippen LogP contribution in [0.2, 0.25) is 0 Å². The SMILES string of the molecule is ON=C(Cl)C1CCCCC12CC2. The average molecular weight is 188 g/mol. The molecule has 1 spiro atoms. The van der Waals surface area contributed by atoms with Crippen molar-refractivity contribution in [1.82, 2.24) is 0 Å². The van der Waals surface area contributed by atoms with E-state index in [0.717, 1.165) is 6.42 Å². The summed E-state index contributed by atoms with van der Waals surface area (Å²) in [6, 6.07) is 0. The first-order valence-electron chi connectivity index (χ1n) is 4.66. The summed E-state index contributed by atoms with van der Waals surface area (Å²) in [5.74, 6) is 0.359. The lowest BCUT2D eigenvalue weighted by atomic mass is 9.77. The van der Waals surface area contributed by atoms with Crippen molar-refractivity contribution in [2.75, 3.05) is 0 Å². The fourth-order valence-electron chi connectivity index (χ4n) is 2.51. The molecule has 0 aliphatic heterocycles.